The fraction of sp³-hybridized carbons (Fsp3) is 0.526. The van der Waals surface area contributed by atoms with Crippen molar-refractivity contribution >= 4 is 76.9 Å². The average molecular weight is 926 g/mol. The lowest BCUT2D eigenvalue weighted by molar-refractivity contribution is -0.384. The summed E-state index contributed by atoms with van der Waals surface area (Å²) in [6.07, 6.45) is -2.44. The summed E-state index contributed by atoms with van der Waals surface area (Å²) in [6, 6.07) is -3.58. The maximum absolute atomic E-state index is 12.8. The highest BCUT2D eigenvalue weighted by molar-refractivity contribution is 6.00. The second kappa shape index (κ2) is 28.8. The highest BCUT2D eigenvalue weighted by atomic mass is 16.6. The Labute approximate surface area is 368 Å². The summed E-state index contributed by atoms with van der Waals surface area (Å²) in [5.41, 5.74) is -0.993. The van der Waals surface area contributed by atoms with E-state index in [0.717, 1.165) is 18.2 Å². The molecule has 1 aromatic carbocycles. The molecule has 0 spiro atoms. The number of carboxylic acid groups (broad SMARTS) is 6. The van der Waals surface area contributed by atoms with Crippen LogP contribution in [0.15, 0.2) is 18.2 Å². The van der Waals surface area contributed by atoms with Crippen molar-refractivity contribution in [3.63, 3.8) is 0 Å². The Hall–Kier alpha value is -7.74. The van der Waals surface area contributed by atoms with Gasteiger partial charge in [-0.15, -0.1) is 0 Å². The van der Waals surface area contributed by atoms with Crippen molar-refractivity contribution in [3.8, 4) is 0 Å². The van der Waals surface area contributed by atoms with Crippen molar-refractivity contribution in [3.05, 3.63) is 39.4 Å². The Morgan fingerprint density at radius 2 is 0.800 bits per heavy atom. The van der Waals surface area contributed by atoms with Crippen molar-refractivity contribution in [2.45, 2.75) is 114 Å². The van der Waals surface area contributed by atoms with E-state index >= 15 is 0 Å². The number of hydrogen-bond acceptors (Lipinski definition) is 14. The van der Waals surface area contributed by atoms with Gasteiger partial charge in [-0.2, -0.15) is 0 Å². The lowest BCUT2D eigenvalue weighted by Crippen LogP contribution is -2.47. The van der Waals surface area contributed by atoms with E-state index < -0.39 is 145 Å². The van der Waals surface area contributed by atoms with Gasteiger partial charge in [-0.1, -0.05) is 12.8 Å². The fourth-order valence-electron chi connectivity index (χ4n) is 5.62. The predicted molar refractivity (Wildman–Crippen MR) is 216 cm³/mol. The van der Waals surface area contributed by atoms with Crippen molar-refractivity contribution in [1.29, 1.82) is 0 Å². The third-order valence-electron chi connectivity index (χ3n) is 8.99. The molecule has 4 atom stereocenters. The number of carbonyl (C=O) groups excluding carboxylic acids is 6. The molecule has 12 N–H and O–H groups in total. The molecule has 27 nitrogen and oxygen atoms in total. The topological polar surface area (TPSA) is 442 Å². The minimum absolute atomic E-state index is 0.0307. The molecule has 0 aliphatic heterocycles. The van der Waals surface area contributed by atoms with Gasteiger partial charge in [0.1, 0.15) is 24.2 Å². The van der Waals surface area contributed by atoms with Gasteiger partial charge in [0, 0.05) is 62.0 Å². The zero-order valence-corrected chi connectivity index (χ0v) is 34.7. The smallest absolute Gasteiger partial charge is 0.326 e. The number of non-ortho nitro benzene ring substituents is 1. The first-order valence-electron chi connectivity index (χ1n) is 19.9. The van der Waals surface area contributed by atoms with Crippen molar-refractivity contribution in [2.75, 3.05) is 13.1 Å². The second-order valence-corrected chi connectivity index (χ2v) is 14.3. The van der Waals surface area contributed by atoms with E-state index in [1.54, 1.807) is 0 Å². The van der Waals surface area contributed by atoms with Crippen LogP contribution in [0.25, 0.3) is 0 Å². The third-order valence-corrected chi connectivity index (χ3v) is 8.99. The number of rotatable bonds is 33. The lowest BCUT2D eigenvalue weighted by atomic mass is 10.1. The number of carbonyl (C=O) groups is 12. The van der Waals surface area contributed by atoms with Crippen LogP contribution in [0, 0.1) is 10.1 Å². The van der Waals surface area contributed by atoms with E-state index in [1.807, 2.05) is 10.6 Å². The van der Waals surface area contributed by atoms with E-state index in [2.05, 4.69) is 21.3 Å². The molecule has 0 aliphatic rings. The zero-order chi connectivity index (χ0) is 49.2. The first-order chi connectivity index (χ1) is 30.5. The van der Waals surface area contributed by atoms with Crippen LogP contribution in [-0.4, -0.2) is 144 Å². The number of nitrogens with zero attached hydrogens (tertiary/aromatic N) is 1. The van der Waals surface area contributed by atoms with Gasteiger partial charge in [-0.3, -0.25) is 48.5 Å². The number of benzene rings is 1. The van der Waals surface area contributed by atoms with Crippen LogP contribution in [0.3, 0.4) is 0 Å². The minimum Gasteiger partial charge on any atom is -0.481 e. The van der Waals surface area contributed by atoms with E-state index in [0.29, 0.717) is 25.7 Å². The molecule has 6 amide bonds. The van der Waals surface area contributed by atoms with Crippen LogP contribution < -0.4 is 31.9 Å². The van der Waals surface area contributed by atoms with Crippen LogP contribution in [0.1, 0.15) is 111 Å². The first kappa shape index (κ1) is 55.3. The summed E-state index contributed by atoms with van der Waals surface area (Å²) < 4.78 is 0. The largest absolute Gasteiger partial charge is 0.481 e. The van der Waals surface area contributed by atoms with E-state index in [-0.39, 0.29) is 49.9 Å². The molecule has 358 valence electrons. The van der Waals surface area contributed by atoms with Gasteiger partial charge in [0.05, 0.1) is 17.8 Å². The molecule has 0 radical (unpaired) electrons. The van der Waals surface area contributed by atoms with Crippen LogP contribution in [0.5, 0.6) is 0 Å². The molecule has 0 aromatic heterocycles. The Kier molecular flexibility index (Phi) is 24.5. The van der Waals surface area contributed by atoms with Gasteiger partial charge < -0.3 is 62.5 Å². The number of hydrogen-bond donors (Lipinski definition) is 12. The molecule has 0 bridgehead atoms. The van der Waals surface area contributed by atoms with Crippen LogP contribution in [-0.2, 0) is 47.9 Å². The van der Waals surface area contributed by atoms with Gasteiger partial charge in [0.25, 0.3) is 17.5 Å². The fourth-order valence-corrected chi connectivity index (χ4v) is 5.62. The standard InChI is InChI=1S/C38H51N7O20/c46-27(43-25(37(60)61)18-29(48)41-23(35(56)57)9-11-31(50)51)7-3-1-5-13-39-33(54)20-15-21(17-22(16-20)45(64)65)34(55)40-14-6-2-4-8-28(47)44-26(38(62)63)19-30(49)42-24(36(58)59)10-12-32(52)53/h15-17,23-26H,1-14,18-19H2,(H,39,54)(H,40,55)(H,41,48)(H,42,49)(H,43,46)(H,44,47)(H,50,51)(H,52,53)(H,56,57)(H,58,59)(H,60,61)(H,62,63)/t23-,24-,25+,26?/m0/s1. The molecule has 0 aliphatic carbocycles. The maximum atomic E-state index is 12.8. The van der Waals surface area contributed by atoms with Crippen molar-refractivity contribution in [1.82, 2.24) is 31.9 Å². The van der Waals surface area contributed by atoms with Crippen LogP contribution in [0.2, 0.25) is 0 Å². The van der Waals surface area contributed by atoms with Gasteiger partial charge in [0.15, 0.2) is 0 Å². The normalized spacial score (nSPS) is 12.4. The zero-order valence-electron chi connectivity index (χ0n) is 34.7. The lowest BCUT2D eigenvalue weighted by Gasteiger charge is -2.17. The number of aliphatic carboxylic acids is 6. The number of unbranched alkanes of at least 4 members (excludes halogenated alkanes) is 4. The minimum atomic E-state index is -1.72. The van der Waals surface area contributed by atoms with E-state index in [4.69, 9.17) is 20.4 Å². The molecule has 0 saturated heterocycles. The number of amides is 6. The molecule has 1 unspecified atom stereocenters. The molecule has 65 heavy (non-hydrogen) atoms. The quantitative estimate of drug-likeness (QED) is 0.0228. The molecule has 27 heteroatoms. The molecule has 0 heterocycles. The van der Waals surface area contributed by atoms with Crippen molar-refractivity contribution in [2.24, 2.45) is 0 Å². The number of nitrogens with one attached hydrogen (secondary N) is 6. The van der Waals surface area contributed by atoms with Gasteiger partial charge in [-0.05, 0) is 44.6 Å². The van der Waals surface area contributed by atoms with E-state index in [9.17, 15) is 77.9 Å². The molecule has 0 saturated carbocycles. The Morgan fingerprint density at radius 1 is 0.462 bits per heavy atom. The maximum Gasteiger partial charge on any atom is 0.326 e. The van der Waals surface area contributed by atoms with Crippen LogP contribution >= 0.6 is 0 Å². The van der Waals surface area contributed by atoms with Crippen LogP contribution in [0.4, 0.5) is 5.69 Å². The molecule has 1 aromatic rings. The number of nitro groups is 1. The van der Waals surface area contributed by atoms with E-state index in [1.165, 1.54) is 0 Å². The number of carboxylic acids is 6. The summed E-state index contributed by atoms with van der Waals surface area (Å²) >= 11 is 0. The highest BCUT2D eigenvalue weighted by Crippen LogP contribution is 2.18. The monoisotopic (exact) mass is 925 g/mol. The Balaban J connectivity index is 2.56. The summed E-state index contributed by atoms with van der Waals surface area (Å²) in [5, 5.41) is 79.6. The molecule has 0 fully saturated rings. The summed E-state index contributed by atoms with van der Waals surface area (Å²) in [5.74, 6) is -14.0. The summed E-state index contributed by atoms with van der Waals surface area (Å²) in [6.45, 7) is 0.0614. The molecular formula is C38H51N7O20. The number of nitro benzene ring substituents is 1. The predicted octanol–water partition coefficient (Wildman–Crippen LogP) is -1.04. The van der Waals surface area contributed by atoms with Gasteiger partial charge in [-0.25, -0.2) is 19.2 Å². The summed E-state index contributed by atoms with van der Waals surface area (Å²) in [7, 11) is 0. The third kappa shape index (κ3) is 23.3. The van der Waals surface area contributed by atoms with Crippen molar-refractivity contribution < 1.29 is 93.1 Å². The Morgan fingerprint density at radius 3 is 1.11 bits per heavy atom. The first-order valence-corrected chi connectivity index (χ1v) is 19.9. The molecule has 1 rings (SSSR count). The molecular weight excluding hydrogens is 874 g/mol. The average Bonchev–Trinajstić information content (AvgIpc) is 3.21. The SMILES string of the molecule is O=C(O)CC[C@H](NC(=O)CC(NC(=O)CCCCCNC(=O)c1cc(C(=O)NCCCCCC(=O)N[C@H](CC(=O)N[C@@H](CCC(=O)O)C(=O)O)C(=O)O)cc([N+](=O)[O-])c1)C(=O)O)C(=O)O. The highest BCUT2D eigenvalue weighted by Gasteiger charge is 2.28. The Bertz CT molecular complexity index is 1830. The summed E-state index contributed by atoms with van der Waals surface area (Å²) in [4.78, 5) is 153. The van der Waals surface area contributed by atoms with Gasteiger partial charge >= 0.3 is 35.8 Å². The second-order valence-electron chi connectivity index (χ2n) is 14.3. The van der Waals surface area contributed by atoms with Gasteiger partial charge in [0.2, 0.25) is 23.6 Å².